The first-order valence-electron chi connectivity index (χ1n) is 4.63. The molecule has 2 aromatic rings. The average molecular weight is 233 g/mol. The lowest BCUT2D eigenvalue weighted by Gasteiger charge is -2.03. The molecule has 1 aromatic heterocycles. The van der Waals surface area contributed by atoms with Crippen LogP contribution in [0.25, 0.3) is 0 Å². The number of nitrogen functional groups attached to an aromatic ring is 2. The van der Waals surface area contributed by atoms with Crippen LogP contribution in [0.15, 0.2) is 33.9 Å². The van der Waals surface area contributed by atoms with E-state index >= 15 is 0 Å². The number of hydrogen-bond acceptors (Lipinski definition) is 6. The fraction of sp³-hybridized carbons (Fsp3) is 0.100. The van der Waals surface area contributed by atoms with Gasteiger partial charge in [0, 0.05) is 17.3 Å². The largest absolute Gasteiger partial charge is 0.398 e. The second-order valence-electron chi connectivity index (χ2n) is 3.28. The third-order valence-electron chi connectivity index (χ3n) is 2.08. The molecule has 0 aliphatic rings. The van der Waals surface area contributed by atoms with Crippen molar-refractivity contribution in [1.82, 2.24) is 4.98 Å². The lowest BCUT2D eigenvalue weighted by molar-refractivity contribution is 1.19. The summed E-state index contributed by atoms with van der Waals surface area (Å²) in [5.41, 5.74) is 14.2. The minimum atomic E-state index is 0.517. The Labute approximate surface area is 96.8 Å². The van der Waals surface area contributed by atoms with Crippen LogP contribution in [0.5, 0.6) is 0 Å². The topological polar surface area (TPSA) is 89.6 Å². The first-order valence-corrected chi connectivity index (χ1v) is 5.51. The highest BCUT2D eigenvalue weighted by Gasteiger charge is 2.02. The summed E-state index contributed by atoms with van der Waals surface area (Å²) in [6.45, 7) is 1.90. The minimum Gasteiger partial charge on any atom is -0.398 e. The summed E-state index contributed by atoms with van der Waals surface area (Å²) >= 11 is 1.42. The maximum absolute atomic E-state index is 5.78. The molecule has 0 aliphatic carbocycles. The van der Waals surface area contributed by atoms with Crippen molar-refractivity contribution in [2.45, 2.75) is 6.92 Å². The van der Waals surface area contributed by atoms with Crippen molar-refractivity contribution in [3.8, 4) is 0 Å². The monoisotopic (exact) mass is 233 g/mol. The second-order valence-corrected chi connectivity index (χ2v) is 4.16. The smallest absolute Gasteiger partial charge is 0.229 e. The van der Waals surface area contributed by atoms with Crippen molar-refractivity contribution in [2.24, 2.45) is 10.2 Å². The van der Waals surface area contributed by atoms with Crippen LogP contribution in [0.2, 0.25) is 0 Å². The normalized spacial score (nSPS) is 11.1. The van der Waals surface area contributed by atoms with Gasteiger partial charge in [0.1, 0.15) is 5.69 Å². The van der Waals surface area contributed by atoms with Crippen molar-refractivity contribution < 1.29 is 0 Å². The van der Waals surface area contributed by atoms with Gasteiger partial charge in [0.2, 0.25) is 5.13 Å². The van der Waals surface area contributed by atoms with Crippen LogP contribution in [0.1, 0.15) is 5.56 Å². The van der Waals surface area contributed by atoms with E-state index in [1.54, 1.807) is 12.3 Å². The molecule has 0 amide bonds. The van der Waals surface area contributed by atoms with Crippen LogP contribution in [0.3, 0.4) is 0 Å². The third-order valence-corrected chi connectivity index (χ3v) is 2.73. The number of anilines is 2. The van der Waals surface area contributed by atoms with Crippen LogP contribution < -0.4 is 11.5 Å². The molecule has 0 atom stereocenters. The Kier molecular flexibility index (Phi) is 2.82. The zero-order valence-corrected chi connectivity index (χ0v) is 9.53. The van der Waals surface area contributed by atoms with Gasteiger partial charge in [0.15, 0.2) is 0 Å². The molecule has 0 saturated carbocycles. The molecule has 0 spiro atoms. The second kappa shape index (κ2) is 4.28. The molecule has 0 radical (unpaired) electrons. The number of nitrogens with zero attached hydrogens (tertiary/aromatic N) is 3. The van der Waals surface area contributed by atoms with E-state index in [0.29, 0.717) is 22.2 Å². The number of aromatic nitrogens is 1. The fourth-order valence-corrected chi connectivity index (χ4v) is 1.63. The van der Waals surface area contributed by atoms with Crippen LogP contribution >= 0.6 is 11.3 Å². The molecule has 1 heterocycles. The highest BCUT2D eigenvalue weighted by Crippen LogP contribution is 2.29. The van der Waals surface area contributed by atoms with E-state index in [0.717, 1.165) is 5.56 Å². The summed E-state index contributed by atoms with van der Waals surface area (Å²) in [7, 11) is 0. The molecule has 16 heavy (non-hydrogen) atoms. The van der Waals surface area contributed by atoms with E-state index in [1.165, 1.54) is 11.3 Å². The van der Waals surface area contributed by atoms with E-state index in [9.17, 15) is 0 Å². The van der Waals surface area contributed by atoms with Crippen LogP contribution in [-0.2, 0) is 0 Å². The maximum Gasteiger partial charge on any atom is 0.229 e. The molecule has 0 bridgehead atoms. The van der Waals surface area contributed by atoms with Crippen molar-refractivity contribution in [1.29, 1.82) is 0 Å². The number of aryl methyl sites for hydroxylation is 1. The van der Waals surface area contributed by atoms with Gasteiger partial charge in [0.25, 0.3) is 0 Å². The molecule has 5 nitrogen and oxygen atoms in total. The molecule has 0 saturated heterocycles. The summed E-state index contributed by atoms with van der Waals surface area (Å²) in [4.78, 5) is 3.99. The summed E-state index contributed by atoms with van der Waals surface area (Å²) in [5.74, 6) is 0. The van der Waals surface area contributed by atoms with Crippen molar-refractivity contribution in [3.63, 3.8) is 0 Å². The number of azo groups is 1. The van der Waals surface area contributed by atoms with Gasteiger partial charge in [-0.15, -0.1) is 21.6 Å². The van der Waals surface area contributed by atoms with Crippen LogP contribution in [-0.4, -0.2) is 4.98 Å². The quantitative estimate of drug-likeness (QED) is 0.617. The Morgan fingerprint density at radius 3 is 2.69 bits per heavy atom. The SMILES string of the molecule is Cc1cc(N=Nc2nccs2)c(N)cc1N. The van der Waals surface area contributed by atoms with Crippen molar-refractivity contribution >= 4 is 33.5 Å². The zero-order chi connectivity index (χ0) is 11.5. The Balaban J connectivity index is 2.31. The molecule has 0 aliphatic heterocycles. The number of thiazole rings is 1. The number of rotatable bonds is 2. The van der Waals surface area contributed by atoms with Gasteiger partial charge < -0.3 is 11.5 Å². The van der Waals surface area contributed by atoms with Gasteiger partial charge >= 0.3 is 0 Å². The number of benzene rings is 1. The predicted octanol–water partition coefficient (Wildman–Crippen LogP) is 3.03. The molecule has 1 aromatic carbocycles. The Hall–Kier alpha value is -1.95. The summed E-state index contributed by atoms with van der Waals surface area (Å²) in [6, 6.07) is 3.49. The summed E-state index contributed by atoms with van der Waals surface area (Å²) in [5, 5.41) is 10.5. The predicted molar refractivity (Wildman–Crippen MR) is 66.3 cm³/mol. The zero-order valence-electron chi connectivity index (χ0n) is 8.71. The van der Waals surface area contributed by atoms with Crippen LogP contribution in [0.4, 0.5) is 22.2 Å². The van der Waals surface area contributed by atoms with Crippen molar-refractivity contribution in [3.05, 3.63) is 29.3 Å². The molecule has 82 valence electrons. The van der Waals surface area contributed by atoms with E-state index in [-0.39, 0.29) is 0 Å². The first-order chi connectivity index (χ1) is 7.66. The lowest BCUT2D eigenvalue weighted by Crippen LogP contribution is -1.93. The van der Waals surface area contributed by atoms with Crippen LogP contribution in [0, 0.1) is 6.92 Å². The van der Waals surface area contributed by atoms with Gasteiger partial charge in [-0.25, -0.2) is 4.98 Å². The Bertz CT molecular complexity index is 518. The lowest BCUT2D eigenvalue weighted by atomic mass is 10.1. The molecule has 0 fully saturated rings. The van der Waals surface area contributed by atoms with E-state index in [2.05, 4.69) is 15.2 Å². The number of nitrogens with two attached hydrogens (primary N) is 2. The maximum atomic E-state index is 5.78. The van der Waals surface area contributed by atoms with Gasteiger partial charge in [-0.1, -0.05) is 0 Å². The minimum absolute atomic E-state index is 0.517. The molecule has 0 unspecified atom stereocenters. The first kappa shape index (κ1) is 10.6. The van der Waals surface area contributed by atoms with Crippen molar-refractivity contribution in [2.75, 3.05) is 11.5 Å². The van der Waals surface area contributed by atoms with Gasteiger partial charge in [-0.2, -0.15) is 0 Å². The number of hydrogen-bond donors (Lipinski definition) is 2. The summed E-state index contributed by atoms with van der Waals surface area (Å²) in [6.07, 6.45) is 1.68. The molecule has 2 rings (SSSR count). The van der Waals surface area contributed by atoms with E-state index in [1.807, 2.05) is 18.4 Å². The molecular weight excluding hydrogens is 222 g/mol. The molecule has 6 heteroatoms. The van der Waals surface area contributed by atoms with E-state index < -0.39 is 0 Å². The fourth-order valence-electron chi connectivity index (χ4n) is 1.18. The van der Waals surface area contributed by atoms with E-state index in [4.69, 9.17) is 11.5 Å². The highest BCUT2D eigenvalue weighted by atomic mass is 32.1. The standard InChI is InChI=1S/C10H11N5S/c1-6-4-9(8(12)5-7(6)11)14-15-10-13-2-3-16-10/h2-5H,11-12H2,1H3. The Morgan fingerprint density at radius 2 is 2.00 bits per heavy atom. The summed E-state index contributed by atoms with van der Waals surface area (Å²) < 4.78 is 0. The molecular formula is C10H11N5S. The van der Waals surface area contributed by atoms with Gasteiger partial charge in [-0.05, 0) is 24.6 Å². The third kappa shape index (κ3) is 2.17. The van der Waals surface area contributed by atoms with Gasteiger partial charge in [-0.3, -0.25) is 0 Å². The molecule has 4 N–H and O–H groups in total. The Morgan fingerprint density at radius 1 is 1.19 bits per heavy atom. The van der Waals surface area contributed by atoms with Gasteiger partial charge in [0.05, 0.1) is 5.69 Å². The average Bonchev–Trinajstić information content (AvgIpc) is 2.74. The highest BCUT2D eigenvalue weighted by molar-refractivity contribution is 7.13.